The van der Waals surface area contributed by atoms with E-state index < -0.39 is 0 Å². The summed E-state index contributed by atoms with van der Waals surface area (Å²) < 4.78 is 5.81. The molecule has 1 aromatic heterocycles. The molecule has 4 rings (SSSR count). The lowest BCUT2D eigenvalue weighted by molar-refractivity contribution is -0.125. The molecule has 2 aliphatic carbocycles. The number of aromatic amines is 1. The molecule has 122 valence electrons. The normalized spacial score (nSPS) is 18.9. The summed E-state index contributed by atoms with van der Waals surface area (Å²) in [5, 5.41) is 4.68. The first-order valence-corrected chi connectivity index (χ1v) is 8.63. The van der Waals surface area contributed by atoms with Crippen LogP contribution in [-0.4, -0.2) is 17.5 Å². The van der Waals surface area contributed by atoms with Gasteiger partial charge in [-0.25, -0.2) is 0 Å². The molecular weight excluding hydrogens is 312 g/mol. The largest absolute Gasteiger partial charge is 0.492 e. The lowest BCUT2D eigenvalue weighted by Crippen LogP contribution is -2.29. The Balaban J connectivity index is 1.46. The molecule has 0 atom stereocenters. The van der Waals surface area contributed by atoms with Crippen LogP contribution in [0.1, 0.15) is 38.3 Å². The molecule has 0 spiro atoms. The van der Waals surface area contributed by atoms with Crippen molar-refractivity contribution in [1.82, 2.24) is 10.3 Å². The zero-order valence-electron chi connectivity index (χ0n) is 13.2. The summed E-state index contributed by atoms with van der Waals surface area (Å²) in [5.41, 5.74) is 1.83. The molecule has 0 radical (unpaired) electrons. The van der Waals surface area contributed by atoms with Crippen molar-refractivity contribution in [3.8, 4) is 5.75 Å². The molecule has 23 heavy (non-hydrogen) atoms. The van der Waals surface area contributed by atoms with Crippen molar-refractivity contribution in [2.45, 2.75) is 39.2 Å². The first kappa shape index (κ1) is 14.9. The van der Waals surface area contributed by atoms with E-state index in [1.54, 1.807) is 0 Å². The highest BCUT2D eigenvalue weighted by atomic mass is 35.5. The minimum absolute atomic E-state index is 0.140. The van der Waals surface area contributed by atoms with Gasteiger partial charge in [0.05, 0.1) is 18.2 Å². The average Bonchev–Trinajstić information content (AvgIpc) is 3.43. The number of H-pyrrole nitrogens is 1. The maximum absolute atomic E-state index is 12.0. The Bertz CT molecular complexity index is 760. The van der Waals surface area contributed by atoms with Crippen molar-refractivity contribution in [2.24, 2.45) is 11.3 Å². The predicted molar refractivity (Wildman–Crippen MR) is 90.7 cm³/mol. The van der Waals surface area contributed by atoms with Crippen LogP contribution in [0, 0.1) is 11.3 Å². The summed E-state index contributed by atoms with van der Waals surface area (Å²) in [7, 11) is 0. The number of carbonyl (C=O) groups is 1. The number of nitrogens with one attached hydrogen (secondary N) is 2. The number of benzene rings is 1. The molecule has 0 bridgehead atoms. The van der Waals surface area contributed by atoms with Gasteiger partial charge in [0.2, 0.25) is 5.91 Å². The van der Waals surface area contributed by atoms with Crippen LogP contribution in [0.4, 0.5) is 0 Å². The molecule has 0 saturated heterocycles. The second-order valence-electron chi connectivity index (χ2n) is 7.16. The van der Waals surface area contributed by atoms with Crippen LogP contribution in [0.5, 0.6) is 5.75 Å². The Morgan fingerprint density at radius 2 is 2.17 bits per heavy atom. The Hall–Kier alpha value is -1.68. The highest BCUT2D eigenvalue weighted by Crippen LogP contribution is 2.45. The fraction of sp³-hybridized carbons (Fsp3) is 0.500. The molecule has 2 fully saturated rings. The first-order chi connectivity index (χ1) is 11.0. The van der Waals surface area contributed by atoms with Gasteiger partial charge < -0.3 is 15.0 Å². The zero-order valence-corrected chi connectivity index (χ0v) is 14.0. The monoisotopic (exact) mass is 332 g/mol. The quantitative estimate of drug-likeness (QED) is 0.839. The van der Waals surface area contributed by atoms with Crippen LogP contribution in [0.15, 0.2) is 18.2 Å². The SMILES string of the molecule is CC1(C(=O)NCc2cc3cc(Cl)c(OCC4CC4)cc3[nH]2)CC1. The van der Waals surface area contributed by atoms with E-state index in [9.17, 15) is 4.79 Å². The van der Waals surface area contributed by atoms with Crippen LogP contribution in [0.2, 0.25) is 5.02 Å². The summed E-state index contributed by atoms with van der Waals surface area (Å²) in [5.74, 6) is 1.57. The number of carbonyl (C=O) groups excluding carboxylic acids is 1. The van der Waals surface area contributed by atoms with Gasteiger partial charge in [-0.3, -0.25) is 4.79 Å². The number of fused-ring (bicyclic) bond motifs is 1. The van der Waals surface area contributed by atoms with Gasteiger partial charge in [-0.1, -0.05) is 18.5 Å². The lowest BCUT2D eigenvalue weighted by atomic mass is 10.1. The molecule has 1 aromatic carbocycles. The van der Waals surface area contributed by atoms with Crippen molar-refractivity contribution < 1.29 is 9.53 Å². The van der Waals surface area contributed by atoms with Crippen LogP contribution in [0.25, 0.3) is 10.9 Å². The molecule has 4 nitrogen and oxygen atoms in total. The average molecular weight is 333 g/mol. The van der Waals surface area contributed by atoms with E-state index in [1.807, 2.05) is 25.1 Å². The smallest absolute Gasteiger partial charge is 0.226 e. The van der Waals surface area contributed by atoms with E-state index >= 15 is 0 Å². The number of rotatable bonds is 6. The van der Waals surface area contributed by atoms with Crippen molar-refractivity contribution in [2.75, 3.05) is 6.61 Å². The number of hydrogen-bond acceptors (Lipinski definition) is 2. The van der Waals surface area contributed by atoms with E-state index in [2.05, 4.69) is 10.3 Å². The fourth-order valence-corrected chi connectivity index (χ4v) is 2.92. The van der Waals surface area contributed by atoms with Gasteiger partial charge in [-0.15, -0.1) is 0 Å². The van der Waals surface area contributed by atoms with E-state index in [-0.39, 0.29) is 11.3 Å². The third-order valence-corrected chi connectivity index (χ3v) is 5.18. The van der Waals surface area contributed by atoms with Gasteiger partial charge >= 0.3 is 0 Å². The second-order valence-corrected chi connectivity index (χ2v) is 7.57. The van der Waals surface area contributed by atoms with Crippen molar-refractivity contribution in [3.63, 3.8) is 0 Å². The predicted octanol–water partition coefficient (Wildman–Crippen LogP) is 4.03. The van der Waals surface area contributed by atoms with E-state index in [4.69, 9.17) is 16.3 Å². The highest BCUT2D eigenvalue weighted by Gasteiger charge is 2.44. The second kappa shape index (κ2) is 5.45. The van der Waals surface area contributed by atoms with Crippen LogP contribution in [0.3, 0.4) is 0 Å². The summed E-state index contributed by atoms with van der Waals surface area (Å²) in [4.78, 5) is 15.4. The summed E-state index contributed by atoms with van der Waals surface area (Å²) in [6.07, 6.45) is 4.49. The molecule has 2 aliphatic rings. The molecule has 1 heterocycles. The lowest BCUT2D eigenvalue weighted by Gasteiger charge is -2.08. The molecule has 0 unspecified atom stereocenters. The molecule has 2 N–H and O–H groups in total. The summed E-state index contributed by atoms with van der Waals surface area (Å²) in [6, 6.07) is 5.90. The standard InChI is InChI=1S/C18H21ClN2O2/c1-18(4-5-18)17(22)20-9-13-6-12-7-14(19)16(8-15(12)21-13)23-10-11-2-3-11/h6-8,11,21H,2-5,9-10H2,1H3,(H,20,22). The molecule has 2 aromatic rings. The van der Waals surface area contributed by atoms with Crippen LogP contribution in [-0.2, 0) is 11.3 Å². The topological polar surface area (TPSA) is 54.1 Å². The maximum Gasteiger partial charge on any atom is 0.226 e. The van der Waals surface area contributed by atoms with Crippen LogP contribution >= 0.6 is 11.6 Å². The zero-order chi connectivity index (χ0) is 16.0. The van der Waals surface area contributed by atoms with Gasteiger partial charge in [0, 0.05) is 28.1 Å². The van der Waals surface area contributed by atoms with Gasteiger partial charge in [-0.2, -0.15) is 0 Å². The van der Waals surface area contributed by atoms with Crippen molar-refractivity contribution in [3.05, 3.63) is 28.9 Å². The number of halogens is 1. The van der Waals surface area contributed by atoms with E-state index in [1.165, 1.54) is 12.8 Å². The van der Waals surface area contributed by atoms with Gasteiger partial charge in [0.1, 0.15) is 5.75 Å². The molecule has 5 heteroatoms. The Morgan fingerprint density at radius 1 is 1.39 bits per heavy atom. The number of amides is 1. The Kier molecular flexibility index (Phi) is 3.52. The molecule has 1 amide bonds. The van der Waals surface area contributed by atoms with Crippen LogP contribution < -0.4 is 10.1 Å². The van der Waals surface area contributed by atoms with Crippen molar-refractivity contribution in [1.29, 1.82) is 0 Å². The Morgan fingerprint density at radius 3 is 2.87 bits per heavy atom. The van der Waals surface area contributed by atoms with E-state index in [0.29, 0.717) is 17.5 Å². The van der Waals surface area contributed by atoms with Crippen molar-refractivity contribution >= 4 is 28.4 Å². The minimum atomic E-state index is -0.140. The third-order valence-electron chi connectivity index (χ3n) is 4.89. The number of hydrogen-bond donors (Lipinski definition) is 2. The Labute approximate surface area is 140 Å². The third kappa shape index (κ3) is 3.18. The molecule has 0 aliphatic heterocycles. The summed E-state index contributed by atoms with van der Waals surface area (Å²) in [6.45, 7) is 3.27. The highest BCUT2D eigenvalue weighted by molar-refractivity contribution is 6.32. The summed E-state index contributed by atoms with van der Waals surface area (Å²) >= 11 is 6.30. The minimum Gasteiger partial charge on any atom is -0.492 e. The van der Waals surface area contributed by atoms with Gasteiger partial charge in [0.15, 0.2) is 0 Å². The first-order valence-electron chi connectivity index (χ1n) is 8.26. The number of aromatic nitrogens is 1. The van der Waals surface area contributed by atoms with Gasteiger partial charge in [-0.05, 0) is 43.7 Å². The fourth-order valence-electron chi connectivity index (χ4n) is 2.69. The molecule has 2 saturated carbocycles. The van der Waals surface area contributed by atoms with Gasteiger partial charge in [0.25, 0.3) is 0 Å². The van der Waals surface area contributed by atoms with E-state index in [0.717, 1.165) is 41.8 Å². The number of ether oxygens (including phenoxy) is 1. The maximum atomic E-state index is 12.0. The molecular formula is C18H21ClN2O2.